The van der Waals surface area contributed by atoms with E-state index < -0.39 is 0 Å². The van der Waals surface area contributed by atoms with E-state index in [1.165, 1.54) is 11.3 Å². The van der Waals surface area contributed by atoms with Gasteiger partial charge in [-0.3, -0.25) is 9.69 Å². The molecule has 1 aliphatic rings. The highest BCUT2D eigenvalue weighted by Crippen LogP contribution is 2.29. The average Bonchev–Trinajstić information content (AvgIpc) is 3.20. The van der Waals surface area contributed by atoms with Gasteiger partial charge < -0.3 is 20.7 Å². The topological polar surface area (TPSA) is 95.6 Å². The number of ether oxygens (including phenoxy) is 1. The summed E-state index contributed by atoms with van der Waals surface area (Å²) in [4.78, 5) is 30.1. The second-order valence-corrected chi connectivity index (χ2v) is 7.10. The van der Waals surface area contributed by atoms with E-state index in [1.807, 2.05) is 30.0 Å². The number of urea groups is 1. The average molecular weight is 377 g/mol. The van der Waals surface area contributed by atoms with E-state index in [4.69, 9.17) is 4.74 Å². The second-order valence-electron chi connectivity index (χ2n) is 6.07. The highest BCUT2D eigenvalue weighted by atomic mass is 32.1. The maximum absolute atomic E-state index is 12.3. The summed E-state index contributed by atoms with van der Waals surface area (Å²) in [6.45, 7) is 4.28. The summed E-state index contributed by atoms with van der Waals surface area (Å²) in [5, 5.41) is 8.85. The molecule has 0 radical (unpaired) electrons. The van der Waals surface area contributed by atoms with Crippen molar-refractivity contribution >= 4 is 38.6 Å². The van der Waals surface area contributed by atoms with Crippen LogP contribution in [0.4, 0.5) is 9.93 Å². The van der Waals surface area contributed by atoms with Gasteiger partial charge in [-0.15, -0.1) is 0 Å². The summed E-state index contributed by atoms with van der Waals surface area (Å²) in [5.41, 5.74) is 0.838. The number of hydrogen-bond donors (Lipinski definition) is 3. The van der Waals surface area contributed by atoms with E-state index >= 15 is 0 Å². The van der Waals surface area contributed by atoms with Gasteiger partial charge in [-0.2, -0.15) is 0 Å². The van der Waals surface area contributed by atoms with Crippen LogP contribution in [-0.2, 0) is 4.79 Å². The van der Waals surface area contributed by atoms with Gasteiger partial charge in [0.2, 0.25) is 5.91 Å². The molecule has 0 bridgehead atoms. The third-order valence-corrected chi connectivity index (χ3v) is 5.05. The molecule has 1 aromatic heterocycles. The minimum Gasteiger partial charge on any atom is -0.494 e. The number of nitrogens with one attached hydrogen (secondary N) is 3. The maximum Gasteiger partial charge on any atom is 0.314 e. The van der Waals surface area contributed by atoms with Crippen LogP contribution in [0, 0.1) is 0 Å². The van der Waals surface area contributed by atoms with Crippen molar-refractivity contribution in [2.75, 3.05) is 38.6 Å². The van der Waals surface area contributed by atoms with Crippen LogP contribution >= 0.6 is 11.3 Å². The van der Waals surface area contributed by atoms with E-state index in [2.05, 4.69) is 20.9 Å². The fourth-order valence-electron chi connectivity index (χ4n) is 2.93. The lowest BCUT2D eigenvalue weighted by Gasteiger charge is -2.15. The van der Waals surface area contributed by atoms with Crippen molar-refractivity contribution in [3.8, 4) is 5.75 Å². The fourth-order valence-corrected chi connectivity index (χ4v) is 3.84. The van der Waals surface area contributed by atoms with Crippen LogP contribution in [0.15, 0.2) is 18.2 Å². The van der Waals surface area contributed by atoms with Gasteiger partial charge in [0, 0.05) is 26.2 Å². The number of benzene rings is 1. The Morgan fingerprint density at radius 3 is 3.04 bits per heavy atom. The molecule has 2 aromatic rings. The first-order chi connectivity index (χ1) is 12.6. The number of nitrogens with zero attached hydrogens (tertiary/aromatic N) is 2. The number of aromatic nitrogens is 1. The summed E-state index contributed by atoms with van der Waals surface area (Å²) in [7, 11) is 1.59. The van der Waals surface area contributed by atoms with Gasteiger partial charge in [0.15, 0.2) is 5.13 Å². The Balaban J connectivity index is 1.53. The summed E-state index contributed by atoms with van der Waals surface area (Å²) >= 11 is 1.43. The first kappa shape index (κ1) is 18.4. The maximum atomic E-state index is 12.3. The molecule has 1 unspecified atom stereocenters. The third kappa shape index (κ3) is 4.61. The molecular weight excluding hydrogens is 354 g/mol. The number of amides is 3. The third-order valence-electron chi connectivity index (χ3n) is 4.12. The Bertz CT molecular complexity index is 794. The molecule has 0 aliphatic carbocycles. The van der Waals surface area contributed by atoms with Crippen molar-refractivity contribution in [1.29, 1.82) is 0 Å². The molecule has 140 valence electrons. The Morgan fingerprint density at radius 2 is 2.27 bits per heavy atom. The first-order valence-corrected chi connectivity index (χ1v) is 9.43. The largest absolute Gasteiger partial charge is 0.494 e. The SMILES string of the molecule is CCOc1ccc2nc(NC(=O)CN3CCC(NC(=O)NC)C3)sc2c1. The van der Waals surface area contributed by atoms with Gasteiger partial charge in [0.25, 0.3) is 0 Å². The smallest absolute Gasteiger partial charge is 0.314 e. The van der Waals surface area contributed by atoms with E-state index in [9.17, 15) is 9.59 Å². The minimum absolute atomic E-state index is 0.0715. The standard InChI is InChI=1S/C17H23N5O3S/c1-3-25-12-4-5-13-14(8-12)26-17(20-13)21-15(23)10-22-7-6-11(9-22)19-16(24)18-2/h4-5,8,11H,3,6-7,9-10H2,1-2H3,(H2,18,19,24)(H,20,21,23). The molecule has 1 aromatic carbocycles. The van der Waals surface area contributed by atoms with Crippen LogP contribution in [0.1, 0.15) is 13.3 Å². The summed E-state index contributed by atoms with van der Waals surface area (Å²) in [5.74, 6) is 0.697. The molecular formula is C17H23N5O3S. The van der Waals surface area contributed by atoms with E-state index in [0.29, 0.717) is 18.3 Å². The highest BCUT2D eigenvalue weighted by Gasteiger charge is 2.25. The van der Waals surface area contributed by atoms with Crippen molar-refractivity contribution in [3.63, 3.8) is 0 Å². The van der Waals surface area contributed by atoms with Gasteiger partial charge in [-0.25, -0.2) is 9.78 Å². The Labute approximate surface area is 155 Å². The van der Waals surface area contributed by atoms with Crippen molar-refractivity contribution in [1.82, 2.24) is 20.5 Å². The van der Waals surface area contributed by atoms with Gasteiger partial charge in [0.05, 0.1) is 23.4 Å². The van der Waals surface area contributed by atoms with Crippen molar-refractivity contribution in [3.05, 3.63) is 18.2 Å². The van der Waals surface area contributed by atoms with Gasteiger partial charge in [0.1, 0.15) is 5.75 Å². The lowest BCUT2D eigenvalue weighted by molar-refractivity contribution is -0.117. The first-order valence-electron chi connectivity index (χ1n) is 8.61. The van der Waals surface area contributed by atoms with Gasteiger partial charge in [-0.05, 0) is 31.5 Å². The Morgan fingerprint density at radius 1 is 1.42 bits per heavy atom. The van der Waals surface area contributed by atoms with Gasteiger partial charge in [-0.1, -0.05) is 11.3 Å². The fraction of sp³-hybridized carbons (Fsp3) is 0.471. The zero-order valence-corrected chi connectivity index (χ0v) is 15.7. The zero-order valence-electron chi connectivity index (χ0n) is 14.9. The van der Waals surface area contributed by atoms with Crippen LogP contribution in [0.5, 0.6) is 5.75 Å². The Hall–Kier alpha value is -2.39. The van der Waals surface area contributed by atoms with Crippen LogP contribution in [0.3, 0.4) is 0 Å². The zero-order chi connectivity index (χ0) is 18.5. The number of rotatable bonds is 6. The quantitative estimate of drug-likeness (QED) is 0.711. The number of anilines is 1. The molecule has 0 saturated carbocycles. The van der Waals surface area contributed by atoms with Crippen LogP contribution in [0.2, 0.25) is 0 Å². The predicted molar refractivity (Wildman–Crippen MR) is 102 cm³/mol. The van der Waals surface area contributed by atoms with Crippen molar-refractivity contribution in [2.24, 2.45) is 0 Å². The molecule has 26 heavy (non-hydrogen) atoms. The monoisotopic (exact) mass is 377 g/mol. The molecule has 3 rings (SSSR count). The lowest BCUT2D eigenvalue weighted by Crippen LogP contribution is -2.42. The molecule has 1 atom stereocenters. The molecule has 3 amide bonds. The van der Waals surface area contributed by atoms with E-state index in [1.54, 1.807) is 7.05 Å². The molecule has 1 aliphatic heterocycles. The number of likely N-dealkylation sites (tertiary alicyclic amines) is 1. The Kier molecular flexibility index (Phi) is 5.89. The molecule has 1 fully saturated rings. The number of hydrogen-bond acceptors (Lipinski definition) is 6. The molecule has 8 nitrogen and oxygen atoms in total. The van der Waals surface area contributed by atoms with Crippen LogP contribution in [-0.4, -0.2) is 61.2 Å². The highest BCUT2D eigenvalue weighted by molar-refractivity contribution is 7.22. The number of thiazole rings is 1. The van der Waals surface area contributed by atoms with Gasteiger partial charge >= 0.3 is 6.03 Å². The second kappa shape index (κ2) is 8.33. The normalized spacial score (nSPS) is 17.2. The summed E-state index contributed by atoms with van der Waals surface area (Å²) in [6.07, 6.45) is 0.835. The van der Waals surface area contributed by atoms with Crippen LogP contribution in [0.25, 0.3) is 10.2 Å². The molecule has 1 saturated heterocycles. The number of carbonyl (C=O) groups excluding carboxylic acids is 2. The van der Waals surface area contributed by atoms with Crippen LogP contribution < -0.4 is 20.7 Å². The van der Waals surface area contributed by atoms with E-state index in [-0.39, 0.29) is 24.5 Å². The lowest BCUT2D eigenvalue weighted by atomic mass is 10.3. The molecule has 0 spiro atoms. The molecule has 3 N–H and O–H groups in total. The number of carbonyl (C=O) groups is 2. The van der Waals surface area contributed by atoms with E-state index in [0.717, 1.165) is 28.9 Å². The summed E-state index contributed by atoms with van der Waals surface area (Å²) < 4.78 is 6.46. The molecule has 2 heterocycles. The predicted octanol–water partition coefficient (Wildman–Crippen LogP) is 1.64. The number of fused-ring (bicyclic) bond motifs is 1. The van der Waals surface area contributed by atoms with Crippen molar-refractivity contribution < 1.29 is 14.3 Å². The van der Waals surface area contributed by atoms with Crippen molar-refractivity contribution in [2.45, 2.75) is 19.4 Å². The molecule has 9 heteroatoms. The summed E-state index contributed by atoms with van der Waals surface area (Å²) in [6, 6.07) is 5.58. The minimum atomic E-state index is -0.192.